The largest absolute Gasteiger partial charge is 0.497 e. The van der Waals surface area contributed by atoms with Crippen molar-refractivity contribution in [1.82, 2.24) is 5.32 Å². The van der Waals surface area contributed by atoms with Gasteiger partial charge in [0.2, 0.25) is 0 Å². The minimum absolute atomic E-state index is 0.0586. The first-order valence-electron chi connectivity index (χ1n) is 11.0. The molecule has 0 saturated carbocycles. The van der Waals surface area contributed by atoms with Crippen LogP contribution in [-0.4, -0.2) is 39.5 Å². The molecule has 1 N–H and O–H groups in total. The van der Waals surface area contributed by atoms with Gasteiger partial charge in [0.1, 0.15) is 17.1 Å². The van der Waals surface area contributed by atoms with E-state index in [1.807, 2.05) is 66.7 Å². The van der Waals surface area contributed by atoms with Crippen molar-refractivity contribution in [3.8, 4) is 11.5 Å². The lowest BCUT2D eigenvalue weighted by Crippen LogP contribution is -2.38. The van der Waals surface area contributed by atoms with Crippen LogP contribution < -0.4 is 14.8 Å². The molecule has 1 saturated heterocycles. The van der Waals surface area contributed by atoms with Crippen LogP contribution in [0.25, 0.3) is 10.4 Å². The Morgan fingerprint density at radius 3 is 1.94 bits per heavy atom. The van der Waals surface area contributed by atoms with Crippen LogP contribution in [0.5, 0.6) is 11.5 Å². The molecule has 2 atom stereocenters. The fourth-order valence-electron chi connectivity index (χ4n) is 4.39. The van der Waals surface area contributed by atoms with Gasteiger partial charge in [-0.1, -0.05) is 59.7 Å². The summed E-state index contributed by atoms with van der Waals surface area (Å²) in [5.41, 5.74) is 10.9. The van der Waals surface area contributed by atoms with Crippen LogP contribution >= 0.6 is 0 Å². The Morgan fingerprint density at radius 1 is 0.879 bits per heavy atom. The van der Waals surface area contributed by atoms with Crippen molar-refractivity contribution in [2.45, 2.75) is 24.1 Å². The summed E-state index contributed by atoms with van der Waals surface area (Å²) in [5.74, 6) is 1.57. The molecule has 0 bridgehead atoms. The molecule has 7 heteroatoms. The number of benzene rings is 3. The number of nitrogens with zero attached hydrogens (tertiary/aromatic N) is 3. The number of ether oxygens (including phenoxy) is 3. The number of hydrogen-bond donors (Lipinski definition) is 1. The number of hydrogen-bond acceptors (Lipinski definition) is 5. The van der Waals surface area contributed by atoms with Crippen LogP contribution in [0.4, 0.5) is 0 Å². The van der Waals surface area contributed by atoms with Crippen LogP contribution in [0.2, 0.25) is 0 Å². The SMILES string of the molecule is COc1ccc(C(OCC2CC(N=[N+]=[N-])CN2)(c2ccccc2)c2ccc(OC)cc2)cc1. The molecule has 3 aromatic rings. The molecule has 1 heterocycles. The van der Waals surface area contributed by atoms with Gasteiger partial charge in [-0.15, -0.1) is 0 Å². The van der Waals surface area contributed by atoms with Crippen molar-refractivity contribution >= 4 is 0 Å². The summed E-state index contributed by atoms with van der Waals surface area (Å²) < 4.78 is 17.7. The van der Waals surface area contributed by atoms with E-state index in [1.54, 1.807) is 14.2 Å². The third kappa shape index (κ3) is 4.81. The van der Waals surface area contributed by atoms with Gasteiger partial charge >= 0.3 is 0 Å². The monoisotopic (exact) mass is 444 g/mol. The van der Waals surface area contributed by atoms with Gasteiger partial charge in [0.05, 0.1) is 26.9 Å². The lowest BCUT2D eigenvalue weighted by atomic mass is 9.80. The number of azide groups is 1. The van der Waals surface area contributed by atoms with E-state index in [1.165, 1.54) is 0 Å². The Balaban J connectivity index is 1.79. The van der Waals surface area contributed by atoms with Crippen molar-refractivity contribution in [3.63, 3.8) is 0 Å². The molecule has 170 valence electrons. The predicted molar refractivity (Wildman–Crippen MR) is 128 cm³/mol. The lowest BCUT2D eigenvalue weighted by Gasteiger charge is -2.37. The Labute approximate surface area is 193 Å². The molecule has 0 aromatic heterocycles. The van der Waals surface area contributed by atoms with E-state index < -0.39 is 5.60 Å². The van der Waals surface area contributed by atoms with Crippen molar-refractivity contribution in [2.24, 2.45) is 5.11 Å². The molecule has 7 nitrogen and oxygen atoms in total. The van der Waals surface area contributed by atoms with Crippen LogP contribution in [0.15, 0.2) is 84.0 Å². The normalized spacial score (nSPS) is 17.9. The maximum atomic E-state index is 8.78. The zero-order valence-corrected chi connectivity index (χ0v) is 18.8. The number of rotatable bonds is 9. The zero-order valence-electron chi connectivity index (χ0n) is 18.8. The van der Waals surface area contributed by atoms with E-state index in [0.29, 0.717) is 13.2 Å². The van der Waals surface area contributed by atoms with E-state index in [4.69, 9.17) is 19.7 Å². The van der Waals surface area contributed by atoms with Gasteiger partial charge in [0.25, 0.3) is 0 Å². The lowest BCUT2D eigenvalue weighted by molar-refractivity contribution is 0.00239. The van der Waals surface area contributed by atoms with Gasteiger partial charge in [-0.2, -0.15) is 0 Å². The average Bonchev–Trinajstić information content (AvgIpc) is 3.33. The summed E-state index contributed by atoms with van der Waals surface area (Å²) in [6.07, 6.45) is 0.736. The molecule has 0 radical (unpaired) electrons. The maximum absolute atomic E-state index is 8.78. The highest BCUT2D eigenvalue weighted by molar-refractivity contribution is 5.49. The van der Waals surface area contributed by atoms with E-state index >= 15 is 0 Å². The van der Waals surface area contributed by atoms with Crippen LogP contribution in [-0.2, 0) is 10.3 Å². The summed E-state index contributed by atoms with van der Waals surface area (Å²) in [7, 11) is 3.32. The van der Waals surface area contributed by atoms with Crippen molar-refractivity contribution < 1.29 is 14.2 Å². The topological polar surface area (TPSA) is 88.5 Å². The van der Waals surface area contributed by atoms with Gasteiger partial charge < -0.3 is 19.5 Å². The highest BCUT2D eigenvalue weighted by Gasteiger charge is 2.39. The molecule has 2 unspecified atom stereocenters. The summed E-state index contributed by atoms with van der Waals surface area (Å²) >= 11 is 0. The predicted octanol–water partition coefficient (Wildman–Crippen LogP) is 5.05. The first-order valence-corrected chi connectivity index (χ1v) is 11.0. The molecule has 0 amide bonds. The molecular weight excluding hydrogens is 416 g/mol. The third-order valence-corrected chi connectivity index (χ3v) is 6.09. The standard InChI is InChI=1S/C26H28N4O3/c1-31-24-12-8-20(9-13-24)26(19-6-4-3-5-7-19,21-10-14-25(32-2)15-11-21)33-18-23-16-22(17-28-23)29-30-27/h3-15,22-23,28H,16-18H2,1-2H3. The second-order valence-electron chi connectivity index (χ2n) is 8.01. The summed E-state index contributed by atoms with van der Waals surface area (Å²) in [5, 5.41) is 7.29. The van der Waals surface area contributed by atoms with Crippen LogP contribution in [0.3, 0.4) is 0 Å². The van der Waals surface area contributed by atoms with E-state index in [9.17, 15) is 0 Å². The van der Waals surface area contributed by atoms with Crippen molar-refractivity contribution in [2.75, 3.05) is 27.4 Å². The molecular formula is C26H28N4O3. The first kappa shape index (κ1) is 22.7. The van der Waals surface area contributed by atoms with Crippen LogP contribution in [0.1, 0.15) is 23.1 Å². The highest BCUT2D eigenvalue weighted by Crippen LogP contribution is 2.42. The van der Waals surface area contributed by atoms with Gasteiger partial charge in [0.15, 0.2) is 0 Å². The molecule has 3 aromatic carbocycles. The quantitative estimate of drug-likeness (QED) is 0.216. The van der Waals surface area contributed by atoms with E-state index in [-0.39, 0.29) is 12.1 Å². The molecule has 0 aliphatic carbocycles. The van der Waals surface area contributed by atoms with Gasteiger partial charge in [-0.25, -0.2) is 0 Å². The van der Waals surface area contributed by atoms with E-state index in [0.717, 1.165) is 34.6 Å². The van der Waals surface area contributed by atoms with Gasteiger partial charge in [-0.3, -0.25) is 0 Å². The van der Waals surface area contributed by atoms with Crippen molar-refractivity contribution in [3.05, 3.63) is 106 Å². The van der Waals surface area contributed by atoms with Gasteiger partial charge in [0, 0.05) is 17.5 Å². The summed E-state index contributed by atoms with van der Waals surface area (Å²) in [6, 6.07) is 26.2. The Bertz CT molecular complexity index is 1030. The molecule has 1 aliphatic heterocycles. The van der Waals surface area contributed by atoms with Crippen molar-refractivity contribution in [1.29, 1.82) is 0 Å². The Morgan fingerprint density at radius 2 is 1.42 bits per heavy atom. The molecule has 1 fully saturated rings. The Kier molecular flexibility index (Phi) is 7.15. The minimum atomic E-state index is -0.849. The smallest absolute Gasteiger partial charge is 0.143 e. The second kappa shape index (κ2) is 10.4. The summed E-state index contributed by atoms with van der Waals surface area (Å²) in [4.78, 5) is 2.96. The summed E-state index contributed by atoms with van der Waals surface area (Å²) in [6.45, 7) is 1.10. The van der Waals surface area contributed by atoms with Gasteiger partial charge in [-0.05, 0) is 52.9 Å². The first-order chi connectivity index (χ1) is 16.2. The fraction of sp³-hybridized carbons (Fsp3) is 0.308. The maximum Gasteiger partial charge on any atom is 0.143 e. The van der Waals surface area contributed by atoms with E-state index in [2.05, 4.69) is 27.5 Å². The molecule has 4 rings (SSSR count). The number of methoxy groups -OCH3 is 2. The minimum Gasteiger partial charge on any atom is -0.497 e. The molecule has 1 aliphatic rings. The molecule has 0 spiro atoms. The number of nitrogens with one attached hydrogen (secondary N) is 1. The molecule has 33 heavy (non-hydrogen) atoms. The third-order valence-electron chi connectivity index (χ3n) is 6.09. The fourth-order valence-corrected chi connectivity index (χ4v) is 4.39. The highest BCUT2D eigenvalue weighted by atomic mass is 16.5. The zero-order chi connectivity index (χ0) is 23.1. The van der Waals surface area contributed by atoms with Crippen LogP contribution in [0, 0.1) is 0 Å². The second-order valence-corrected chi connectivity index (χ2v) is 8.01. The Hall–Kier alpha value is -3.51. The average molecular weight is 445 g/mol.